The number of halogens is 1. The van der Waals surface area contributed by atoms with Gasteiger partial charge in [0.2, 0.25) is 0 Å². The van der Waals surface area contributed by atoms with Crippen LogP contribution in [0.1, 0.15) is 24.8 Å². The Labute approximate surface area is 98.0 Å². The molecule has 0 saturated heterocycles. The van der Waals surface area contributed by atoms with Crippen molar-refractivity contribution in [3.05, 3.63) is 34.9 Å². The number of rotatable bonds is 6. The van der Waals surface area contributed by atoms with E-state index in [0.717, 1.165) is 11.4 Å². The number of nitrogens with zero attached hydrogens (tertiary/aromatic N) is 1. The Morgan fingerprint density at radius 1 is 1.13 bits per heavy atom. The van der Waals surface area contributed by atoms with E-state index in [2.05, 4.69) is 31.1 Å². The first-order valence-electron chi connectivity index (χ1n) is 5.57. The molecule has 15 heavy (non-hydrogen) atoms. The van der Waals surface area contributed by atoms with Gasteiger partial charge in [0.15, 0.2) is 0 Å². The van der Waals surface area contributed by atoms with Crippen molar-refractivity contribution in [3.8, 4) is 0 Å². The van der Waals surface area contributed by atoms with E-state index < -0.39 is 0 Å². The van der Waals surface area contributed by atoms with Crippen LogP contribution in [0.25, 0.3) is 0 Å². The van der Waals surface area contributed by atoms with Gasteiger partial charge in [-0.25, -0.2) is 0 Å². The molecule has 0 amide bonds. The van der Waals surface area contributed by atoms with Crippen LogP contribution in [0, 0.1) is 0 Å². The van der Waals surface area contributed by atoms with Gasteiger partial charge < -0.3 is 4.90 Å². The van der Waals surface area contributed by atoms with E-state index in [1.54, 1.807) is 0 Å². The fraction of sp³-hybridized carbons (Fsp3) is 0.538. The van der Waals surface area contributed by atoms with Gasteiger partial charge in [-0.05, 0) is 57.6 Å². The summed E-state index contributed by atoms with van der Waals surface area (Å²) in [5.74, 6) is 0. The number of aryl methyl sites for hydroxylation is 1. The van der Waals surface area contributed by atoms with E-state index in [1.807, 2.05) is 12.1 Å². The van der Waals surface area contributed by atoms with Gasteiger partial charge in [0.05, 0.1) is 0 Å². The van der Waals surface area contributed by atoms with Crippen molar-refractivity contribution >= 4 is 11.6 Å². The maximum absolute atomic E-state index is 5.92. The third-order valence-electron chi connectivity index (χ3n) is 2.46. The van der Waals surface area contributed by atoms with Crippen LogP contribution in [-0.2, 0) is 6.42 Å². The summed E-state index contributed by atoms with van der Waals surface area (Å²) in [6, 6.07) is 8.17. The third-order valence-corrected chi connectivity index (χ3v) is 2.69. The van der Waals surface area contributed by atoms with Crippen LogP contribution >= 0.6 is 11.6 Å². The molecular weight excluding hydrogens is 206 g/mol. The first kappa shape index (κ1) is 12.5. The Kier molecular flexibility index (Phi) is 5.74. The van der Waals surface area contributed by atoms with Gasteiger partial charge in [-0.3, -0.25) is 0 Å². The maximum atomic E-state index is 5.92. The Hall–Kier alpha value is -0.530. The Balaban J connectivity index is 2.15. The molecule has 0 fully saturated rings. The lowest BCUT2D eigenvalue weighted by Crippen LogP contribution is -2.12. The topological polar surface area (TPSA) is 3.24 Å². The predicted molar refractivity (Wildman–Crippen MR) is 67.6 cm³/mol. The summed E-state index contributed by atoms with van der Waals surface area (Å²) < 4.78 is 0. The Bertz CT molecular complexity index is 284. The van der Waals surface area contributed by atoms with Crippen LogP contribution < -0.4 is 0 Å². The number of benzene rings is 1. The summed E-state index contributed by atoms with van der Waals surface area (Å²) in [6.45, 7) is 1.19. The molecule has 0 aliphatic carbocycles. The van der Waals surface area contributed by atoms with E-state index in [9.17, 15) is 0 Å². The van der Waals surface area contributed by atoms with Gasteiger partial charge in [0.1, 0.15) is 0 Å². The molecule has 2 heteroatoms. The zero-order valence-electron chi connectivity index (χ0n) is 9.67. The molecule has 1 nitrogen and oxygen atoms in total. The molecule has 0 aliphatic rings. The van der Waals surface area contributed by atoms with Crippen molar-refractivity contribution in [2.75, 3.05) is 20.6 Å². The quantitative estimate of drug-likeness (QED) is 0.669. The van der Waals surface area contributed by atoms with Gasteiger partial charge >= 0.3 is 0 Å². The summed E-state index contributed by atoms with van der Waals surface area (Å²) in [4.78, 5) is 2.24. The largest absolute Gasteiger partial charge is 0.309 e. The summed E-state index contributed by atoms with van der Waals surface area (Å²) in [5.41, 5.74) is 1.35. The molecule has 0 saturated carbocycles. The molecule has 0 N–H and O–H groups in total. The van der Waals surface area contributed by atoms with Gasteiger partial charge in [0, 0.05) is 5.02 Å². The fourth-order valence-electron chi connectivity index (χ4n) is 1.63. The van der Waals surface area contributed by atoms with Crippen molar-refractivity contribution in [1.82, 2.24) is 4.90 Å². The van der Waals surface area contributed by atoms with Gasteiger partial charge in [-0.1, -0.05) is 30.2 Å². The molecule has 0 spiro atoms. The van der Waals surface area contributed by atoms with E-state index in [0.29, 0.717) is 0 Å². The first-order chi connectivity index (χ1) is 7.18. The lowest BCUT2D eigenvalue weighted by Gasteiger charge is -2.08. The van der Waals surface area contributed by atoms with Crippen molar-refractivity contribution < 1.29 is 0 Å². The standard InChI is InChI=1S/C13H20ClN/c1-15(2)10-5-3-4-7-12-8-6-9-13(14)11-12/h6,8-9,11H,3-5,7,10H2,1-2H3. The zero-order chi connectivity index (χ0) is 11.1. The van der Waals surface area contributed by atoms with E-state index in [1.165, 1.54) is 31.4 Å². The second-order valence-corrected chi connectivity index (χ2v) is 4.68. The zero-order valence-corrected chi connectivity index (χ0v) is 10.4. The molecule has 0 bridgehead atoms. The molecule has 0 atom stereocenters. The van der Waals surface area contributed by atoms with Crippen LogP contribution in [0.5, 0.6) is 0 Å². The molecule has 0 radical (unpaired) electrons. The highest BCUT2D eigenvalue weighted by molar-refractivity contribution is 6.30. The molecule has 0 unspecified atom stereocenters. The van der Waals surface area contributed by atoms with Crippen LogP contribution in [0.3, 0.4) is 0 Å². The molecule has 0 aliphatic heterocycles. The molecule has 1 rings (SSSR count). The summed E-state index contributed by atoms with van der Waals surface area (Å²) in [5, 5.41) is 0.848. The van der Waals surface area contributed by atoms with Crippen LogP contribution in [-0.4, -0.2) is 25.5 Å². The van der Waals surface area contributed by atoms with Crippen molar-refractivity contribution in [1.29, 1.82) is 0 Å². The number of hydrogen-bond donors (Lipinski definition) is 0. The molecule has 84 valence electrons. The highest BCUT2D eigenvalue weighted by Crippen LogP contribution is 2.13. The molecule has 1 aromatic carbocycles. The molecule has 0 heterocycles. The Morgan fingerprint density at radius 2 is 1.93 bits per heavy atom. The third kappa shape index (κ3) is 5.81. The minimum atomic E-state index is 0.848. The summed E-state index contributed by atoms with van der Waals surface area (Å²) in [6.07, 6.45) is 4.99. The van der Waals surface area contributed by atoms with Crippen molar-refractivity contribution in [3.63, 3.8) is 0 Å². The van der Waals surface area contributed by atoms with Gasteiger partial charge in [0.25, 0.3) is 0 Å². The van der Waals surface area contributed by atoms with Crippen molar-refractivity contribution in [2.45, 2.75) is 25.7 Å². The van der Waals surface area contributed by atoms with Gasteiger partial charge in [-0.2, -0.15) is 0 Å². The number of hydrogen-bond acceptors (Lipinski definition) is 1. The molecule has 1 aromatic rings. The summed E-state index contributed by atoms with van der Waals surface area (Å²) >= 11 is 5.92. The van der Waals surface area contributed by atoms with Crippen LogP contribution in [0.15, 0.2) is 24.3 Å². The van der Waals surface area contributed by atoms with Gasteiger partial charge in [-0.15, -0.1) is 0 Å². The lowest BCUT2D eigenvalue weighted by molar-refractivity contribution is 0.391. The highest BCUT2D eigenvalue weighted by Gasteiger charge is 1.95. The first-order valence-corrected chi connectivity index (χ1v) is 5.95. The highest BCUT2D eigenvalue weighted by atomic mass is 35.5. The van der Waals surface area contributed by atoms with E-state index in [-0.39, 0.29) is 0 Å². The monoisotopic (exact) mass is 225 g/mol. The molecule has 0 aromatic heterocycles. The lowest BCUT2D eigenvalue weighted by atomic mass is 10.1. The smallest absolute Gasteiger partial charge is 0.0408 e. The maximum Gasteiger partial charge on any atom is 0.0408 e. The average Bonchev–Trinajstić information content (AvgIpc) is 2.17. The van der Waals surface area contributed by atoms with Crippen molar-refractivity contribution in [2.24, 2.45) is 0 Å². The second kappa shape index (κ2) is 6.86. The second-order valence-electron chi connectivity index (χ2n) is 4.24. The summed E-state index contributed by atoms with van der Waals surface area (Å²) in [7, 11) is 4.24. The average molecular weight is 226 g/mol. The minimum Gasteiger partial charge on any atom is -0.309 e. The minimum absolute atomic E-state index is 0.848. The normalized spacial score (nSPS) is 10.9. The van der Waals surface area contributed by atoms with E-state index in [4.69, 9.17) is 11.6 Å². The SMILES string of the molecule is CN(C)CCCCCc1cccc(Cl)c1. The Morgan fingerprint density at radius 3 is 2.60 bits per heavy atom. The van der Waals surface area contributed by atoms with E-state index >= 15 is 0 Å². The predicted octanol–water partition coefficient (Wildman–Crippen LogP) is 3.61. The molecular formula is C13H20ClN. The number of unbranched alkanes of at least 4 members (excludes halogenated alkanes) is 2. The van der Waals surface area contributed by atoms with Crippen LogP contribution in [0.2, 0.25) is 5.02 Å². The van der Waals surface area contributed by atoms with Crippen LogP contribution in [0.4, 0.5) is 0 Å². The fourth-order valence-corrected chi connectivity index (χ4v) is 1.84.